The average Bonchev–Trinajstić information content (AvgIpc) is 2.66. The number of hydrogen-bond acceptors (Lipinski definition) is 3. The van der Waals surface area contributed by atoms with Crippen LogP contribution in [0, 0.1) is 6.92 Å². The predicted molar refractivity (Wildman–Crippen MR) is 102 cm³/mol. The maximum atomic E-state index is 6.04. The molecule has 0 aliphatic rings. The van der Waals surface area contributed by atoms with Gasteiger partial charge in [0, 0.05) is 6.54 Å². The van der Waals surface area contributed by atoms with Gasteiger partial charge in [-0.2, -0.15) is 0 Å². The highest BCUT2D eigenvalue weighted by atomic mass is 16.5. The van der Waals surface area contributed by atoms with E-state index in [-0.39, 0.29) is 0 Å². The van der Waals surface area contributed by atoms with E-state index in [0.717, 1.165) is 28.2 Å². The van der Waals surface area contributed by atoms with Gasteiger partial charge in [0.05, 0.1) is 0 Å². The van der Waals surface area contributed by atoms with Gasteiger partial charge in [0.25, 0.3) is 0 Å². The first kappa shape index (κ1) is 17.1. The third kappa shape index (κ3) is 4.61. The van der Waals surface area contributed by atoms with E-state index >= 15 is 0 Å². The first-order valence-electron chi connectivity index (χ1n) is 8.47. The topological polar surface area (TPSA) is 44.5 Å². The Bertz CT molecular complexity index is 798. The summed E-state index contributed by atoms with van der Waals surface area (Å²) in [6, 6.07) is 24.6. The molecule has 2 N–H and O–H groups in total. The lowest BCUT2D eigenvalue weighted by molar-refractivity contribution is 0.266. The second kappa shape index (κ2) is 8.36. The van der Waals surface area contributed by atoms with Crippen LogP contribution in [0.25, 0.3) is 11.1 Å². The van der Waals surface area contributed by atoms with Crippen molar-refractivity contribution < 1.29 is 9.47 Å². The summed E-state index contributed by atoms with van der Waals surface area (Å²) in [6.45, 7) is 3.52. The van der Waals surface area contributed by atoms with Crippen LogP contribution in [0.5, 0.6) is 11.5 Å². The smallest absolute Gasteiger partial charge is 0.162 e. The molecule has 0 saturated carbocycles. The molecule has 0 heterocycles. The van der Waals surface area contributed by atoms with Crippen LogP contribution in [-0.2, 0) is 6.61 Å². The van der Waals surface area contributed by atoms with Crippen molar-refractivity contribution in [1.82, 2.24) is 0 Å². The average molecular weight is 333 g/mol. The SMILES string of the molecule is Cc1ccc(-c2ccc(OCCN)c(OCc3ccccc3)c2)cc1. The Hall–Kier alpha value is -2.78. The molecule has 0 radical (unpaired) electrons. The largest absolute Gasteiger partial charge is 0.488 e. The van der Waals surface area contributed by atoms with Crippen LogP contribution in [-0.4, -0.2) is 13.2 Å². The lowest BCUT2D eigenvalue weighted by Crippen LogP contribution is -2.11. The maximum absolute atomic E-state index is 6.04. The van der Waals surface area contributed by atoms with Crippen LogP contribution in [0.15, 0.2) is 72.8 Å². The van der Waals surface area contributed by atoms with Gasteiger partial charge in [-0.3, -0.25) is 0 Å². The van der Waals surface area contributed by atoms with Crippen LogP contribution in [0.4, 0.5) is 0 Å². The number of hydrogen-bond donors (Lipinski definition) is 1. The van der Waals surface area contributed by atoms with E-state index in [1.165, 1.54) is 5.56 Å². The molecule has 0 bridgehead atoms. The lowest BCUT2D eigenvalue weighted by Gasteiger charge is -2.14. The monoisotopic (exact) mass is 333 g/mol. The highest BCUT2D eigenvalue weighted by molar-refractivity contribution is 5.67. The van der Waals surface area contributed by atoms with E-state index in [1.807, 2.05) is 48.5 Å². The van der Waals surface area contributed by atoms with Crippen molar-refractivity contribution in [2.45, 2.75) is 13.5 Å². The molecule has 0 unspecified atom stereocenters. The van der Waals surface area contributed by atoms with Crippen LogP contribution >= 0.6 is 0 Å². The van der Waals surface area contributed by atoms with Crippen molar-refractivity contribution in [3.8, 4) is 22.6 Å². The molecule has 0 saturated heterocycles. The molecular weight excluding hydrogens is 310 g/mol. The molecule has 0 spiro atoms. The van der Waals surface area contributed by atoms with Crippen molar-refractivity contribution in [2.24, 2.45) is 5.73 Å². The van der Waals surface area contributed by atoms with E-state index in [9.17, 15) is 0 Å². The van der Waals surface area contributed by atoms with Crippen molar-refractivity contribution in [3.63, 3.8) is 0 Å². The molecule has 25 heavy (non-hydrogen) atoms. The molecule has 0 fully saturated rings. The van der Waals surface area contributed by atoms with Gasteiger partial charge in [0.1, 0.15) is 13.2 Å². The first-order valence-corrected chi connectivity index (χ1v) is 8.47. The number of aryl methyl sites for hydroxylation is 1. The summed E-state index contributed by atoms with van der Waals surface area (Å²) in [5.41, 5.74) is 10.2. The molecule has 128 valence electrons. The Labute approximate surface area is 149 Å². The fourth-order valence-electron chi connectivity index (χ4n) is 2.57. The summed E-state index contributed by atoms with van der Waals surface area (Å²) in [4.78, 5) is 0. The van der Waals surface area contributed by atoms with Crippen molar-refractivity contribution in [2.75, 3.05) is 13.2 Å². The van der Waals surface area contributed by atoms with E-state index in [0.29, 0.717) is 19.8 Å². The Kier molecular flexibility index (Phi) is 5.70. The van der Waals surface area contributed by atoms with Gasteiger partial charge in [-0.1, -0.05) is 66.2 Å². The summed E-state index contributed by atoms with van der Waals surface area (Å²) in [7, 11) is 0. The van der Waals surface area contributed by atoms with E-state index < -0.39 is 0 Å². The molecule has 3 nitrogen and oxygen atoms in total. The highest BCUT2D eigenvalue weighted by Gasteiger charge is 2.09. The molecule has 0 aliphatic heterocycles. The molecule has 0 amide bonds. The fourth-order valence-corrected chi connectivity index (χ4v) is 2.57. The van der Waals surface area contributed by atoms with Gasteiger partial charge in [0.15, 0.2) is 11.5 Å². The van der Waals surface area contributed by atoms with Gasteiger partial charge in [0.2, 0.25) is 0 Å². The third-order valence-corrected chi connectivity index (χ3v) is 3.94. The molecule has 3 aromatic carbocycles. The summed E-state index contributed by atoms with van der Waals surface area (Å²) < 4.78 is 11.8. The fraction of sp³-hybridized carbons (Fsp3) is 0.182. The molecular formula is C22H23NO2. The van der Waals surface area contributed by atoms with Crippen LogP contribution in [0.1, 0.15) is 11.1 Å². The number of ether oxygens (including phenoxy) is 2. The van der Waals surface area contributed by atoms with Crippen LogP contribution < -0.4 is 15.2 Å². The Morgan fingerprint density at radius 1 is 0.760 bits per heavy atom. The zero-order valence-corrected chi connectivity index (χ0v) is 14.4. The van der Waals surface area contributed by atoms with Gasteiger partial charge < -0.3 is 15.2 Å². The Morgan fingerprint density at radius 3 is 2.20 bits per heavy atom. The molecule has 3 heteroatoms. The van der Waals surface area contributed by atoms with Gasteiger partial charge in [-0.05, 0) is 35.7 Å². The second-order valence-electron chi connectivity index (χ2n) is 5.94. The molecule has 0 aromatic heterocycles. The predicted octanol–water partition coefficient (Wildman–Crippen LogP) is 4.58. The minimum Gasteiger partial charge on any atom is -0.488 e. The zero-order chi connectivity index (χ0) is 17.5. The molecule has 0 aliphatic carbocycles. The van der Waals surface area contributed by atoms with Crippen molar-refractivity contribution in [1.29, 1.82) is 0 Å². The molecule has 0 atom stereocenters. The Morgan fingerprint density at radius 2 is 1.48 bits per heavy atom. The van der Waals surface area contributed by atoms with Gasteiger partial charge >= 0.3 is 0 Å². The number of benzene rings is 3. The minimum atomic E-state index is 0.464. The third-order valence-electron chi connectivity index (χ3n) is 3.94. The second-order valence-corrected chi connectivity index (χ2v) is 5.94. The van der Waals surface area contributed by atoms with Crippen LogP contribution in [0.2, 0.25) is 0 Å². The van der Waals surface area contributed by atoms with Gasteiger partial charge in [-0.25, -0.2) is 0 Å². The van der Waals surface area contributed by atoms with E-state index in [4.69, 9.17) is 15.2 Å². The van der Waals surface area contributed by atoms with Crippen LogP contribution in [0.3, 0.4) is 0 Å². The standard InChI is InChI=1S/C22H23NO2/c1-17-7-9-19(10-8-17)20-11-12-21(24-14-13-23)22(15-20)25-16-18-5-3-2-4-6-18/h2-12,15H,13-14,16,23H2,1H3. The van der Waals surface area contributed by atoms with Crippen molar-refractivity contribution in [3.05, 3.63) is 83.9 Å². The normalized spacial score (nSPS) is 10.5. The highest BCUT2D eigenvalue weighted by Crippen LogP contribution is 2.33. The summed E-state index contributed by atoms with van der Waals surface area (Å²) >= 11 is 0. The summed E-state index contributed by atoms with van der Waals surface area (Å²) in [5.74, 6) is 1.45. The van der Waals surface area contributed by atoms with E-state index in [2.05, 4.69) is 31.2 Å². The lowest BCUT2D eigenvalue weighted by atomic mass is 10.0. The summed E-state index contributed by atoms with van der Waals surface area (Å²) in [5, 5.41) is 0. The number of rotatable bonds is 7. The minimum absolute atomic E-state index is 0.464. The molecule has 3 aromatic rings. The molecule has 3 rings (SSSR count). The van der Waals surface area contributed by atoms with Gasteiger partial charge in [-0.15, -0.1) is 0 Å². The van der Waals surface area contributed by atoms with E-state index in [1.54, 1.807) is 0 Å². The number of nitrogens with two attached hydrogens (primary N) is 1. The first-order chi connectivity index (χ1) is 12.3. The van der Waals surface area contributed by atoms with Crippen molar-refractivity contribution >= 4 is 0 Å². The quantitative estimate of drug-likeness (QED) is 0.688. The summed E-state index contributed by atoms with van der Waals surface area (Å²) in [6.07, 6.45) is 0. The zero-order valence-electron chi connectivity index (χ0n) is 14.4. The maximum Gasteiger partial charge on any atom is 0.162 e. The Balaban J connectivity index is 1.85.